The molecule has 3 heteroatoms. The van der Waals surface area contributed by atoms with Crippen LogP contribution in [-0.2, 0) is 0 Å². The quantitative estimate of drug-likeness (QED) is 0.808. The van der Waals surface area contributed by atoms with Crippen LogP contribution in [0.5, 0.6) is 0 Å². The average Bonchev–Trinajstić information content (AvgIpc) is 2.65. The van der Waals surface area contributed by atoms with E-state index in [9.17, 15) is 0 Å². The molecule has 2 nitrogen and oxygen atoms in total. The summed E-state index contributed by atoms with van der Waals surface area (Å²) in [4.78, 5) is 2.63. The van der Waals surface area contributed by atoms with E-state index in [0.717, 1.165) is 17.8 Å². The zero-order chi connectivity index (χ0) is 10.1. The predicted molar refractivity (Wildman–Crippen MR) is 67.3 cm³/mol. The number of hydrogen-bond acceptors (Lipinski definition) is 2. The van der Waals surface area contributed by atoms with Gasteiger partial charge in [-0.15, -0.1) is 12.4 Å². The molecule has 0 radical (unpaired) electrons. The molecule has 2 aliphatic rings. The maximum atomic E-state index is 6.11. The Labute approximate surface area is 100.0 Å². The summed E-state index contributed by atoms with van der Waals surface area (Å²) in [6.45, 7) is 8.51. The van der Waals surface area contributed by atoms with E-state index in [4.69, 9.17) is 5.73 Å². The Hall–Kier alpha value is 0.210. The van der Waals surface area contributed by atoms with Crippen LogP contribution in [0.4, 0.5) is 0 Å². The Kier molecular flexibility index (Phi) is 4.88. The van der Waals surface area contributed by atoms with E-state index in [0.29, 0.717) is 6.04 Å². The monoisotopic (exact) mass is 232 g/mol. The lowest BCUT2D eigenvalue weighted by atomic mass is 9.98. The van der Waals surface area contributed by atoms with Crippen LogP contribution in [0.15, 0.2) is 0 Å². The summed E-state index contributed by atoms with van der Waals surface area (Å²) >= 11 is 0. The Morgan fingerprint density at radius 2 is 2.00 bits per heavy atom. The first-order valence-electron chi connectivity index (χ1n) is 6.14. The zero-order valence-electron chi connectivity index (χ0n) is 9.98. The molecular formula is C12H25ClN2. The van der Waals surface area contributed by atoms with E-state index in [-0.39, 0.29) is 12.4 Å². The Morgan fingerprint density at radius 3 is 2.60 bits per heavy atom. The molecule has 2 N–H and O–H groups in total. The molecule has 1 heterocycles. The van der Waals surface area contributed by atoms with Crippen molar-refractivity contribution in [3.63, 3.8) is 0 Å². The highest BCUT2D eigenvalue weighted by Gasteiger charge is 2.40. The van der Waals surface area contributed by atoms with Crippen LogP contribution in [0, 0.1) is 17.8 Å². The maximum absolute atomic E-state index is 6.11. The first-order valence-corrected chi connectivity index (χ1v) is 6.14. The van der Waals surface area contributed by atoms with Crippen molar-refractivity contribution in [2.24, 2.45) is 23.5 Å². The second kappa shape index (κ2) is 5.51. The van der Waals surface area contributed by atoms with Gasteiger partial charge >= 0.3 is 0 Å². The number of halogens is 1. The molecule has 15 heavy (non-hydrogen) atoms. The molecular weight excluding hydrogens is 208 g/mol. The molecule has 2 fully saturated rings. The summed E-state index contributed by atoms with van der Waals surface area (Å²) in [5, 5.41) is 0. The summed E-state index contributed by atoms with van der Waals surface area (Å²) in [5.41, 5.74) is 6.11. The molecule has 0 spiro atoms. The number of likely N-dealkylation sites (tertiary alicyclic amines) is 1. The molecule has 3 atom stereocenters. The Morgan fingerprint density at radius 1 is 1.27 bits per heavy atom. The minimum Gasteiger partial charge on any atom is -0.327 e. The van der Waals surface area contributed by atoms with E-state index in [1.54, 1.807) is 0 Å². The van der Waals surface area contributed by atoms with Gasteiger partial charge in [0.1, 0.15) is 0 Å². The fourth-order valence-electron chi connectivity index (χ4n) is 3.02. The average molecular weight is 233 g/mol. The number of hydrogen-bond donors (Lipinski definition) is 1. The summed E-state index contributed by atoms with van der Waals surface area (Å²) in [6, 6.07) is 0.504. The first-order chi connectivity index (χ1) is 6.66. The van der Waals surface area contributed by atoms with Crippen LogP contribution in [0.2, 0.25) is 0 Å². The fourth-order valence-corrected chi connectivity index (χ4v) is 3.02. The van der Waals surface area contributed by atoms with E-state index in [1.165, 1.54) is 38.9 Å². The van der Waals surface area contributed by atoms with Crippen LogP contribution >= 0.6 is 12.4 Å². The van der Waals surface area contributed by atoms with E-state index in [2.05, 4.69) is 18.7 Å². The van der Waals surface area contributed by atoms with Gasteiger partial charge in [-0.1, -0.05) is 13.8 Å². The Balaban J connectivity index is 0.00000112. The smallest absolute Gasteiger partial charge is 0.00826 e. The minimum atomic E-state index is 0. The van der Waals surface area contributed by atoms with Crippen LogP contribution in [0.1, 0.15) is 33.1 Å². The van der Waals surface area contributed by atoms with Gasteiger partial charge in [-0.2, -0.15) is 0 Å². The normalized spacial score (nSPS) is 35.6. The van der Waals surface area contributed by atoms with Gasteiger partial charge in [-0.05, 0) is 43.6 Å². The third-order valence-electron chi connectivity index (χ3n) is 4.01. The van der Waals surface area contributed by atoms with Gasteiger partial charge in [-0.3, -0.25) is 0 Å². The molecule has 0 bridgehead atoms. The second-order valence-electron chi connectivity index (χ2n) is 5.61. The van der Waals surface area contributed by atoms with Gasteiger partial charge in [0, 0.05) is 19.1 Å². The van der Waals surface area contributed by atoms with Crippen LogP contribution < -0.4 is 5.73 Å². The van der Waals surface area contributed by atoms with Gasteiger partial charge in [0.05, 0.1) is 0 Å². The minimum absolute atomic E-state index is 0. The number of nitrogens with zero attached hydrogens (tertiary/aromatic N) is 1. The highest BCUT2D eigenvalue weighted by molar-refractivity contribution is 5.85. The van der Waals surface area contributed by atoms with Crippen molar-refractivity contribution in [1.29, 1.82) is 0 Å². The van der Waals surface area contributed by atoms with E-state index >= 15 is 0 Å². The van der Waals surface area contributed by atoms with E-state index in [1.807, 2.05) is 0 Å². The summed E-state index contributed by atoms with van der Waals surface area (Å²) in [5.74, 6) is 2.59. The SMILES string of the molecule is CC(C)CCN1C[C@@H]2CCC(N)[C@@H]2C1.Cl. The van der Waals surface area contributed by atoms with Crippen LogP contribution in [-0.4, -0.2) is 30.6 Å². The maximum Gasteiger partial charge on any atom is 0.00826 e. The molecule has 1 unspecified atom stereocenters. The predicted octanol–water partition coefficient (Wildman–Crippen LogP) is 2.12. The lowest BCUT2D eigenvalue weighted by Crippen LogP contribution is -2.30. The summed E-state index contributed by atoms with van der Waals surface area (Å²) in [6.07, 6.45) is 3.99. The van der Waals surface area contributed by atoms with Gasteiger partial charge in [0.15, 0.2) is 0 Å². The molecule has 0 aromatic heterocycles. The third-order valence-corrected chi connectivity index (χ3v) is 4.01. The van der Waals surface area contributed by atoms with Gasteiger partial charge in [-0.25, -0.2) is 0 Å². The number of rotatable bonds is 3. The van der Waals surface area contributed by atoms with Crippen LogP contribution in [0.25, 0.3) is 0 Å². The molecule has 1 aliphatic carbocycles. The third kappa shape index (κ3) is 3.08. The fraction of sp³-hybridized carbons (Fsp3) is 1.00. The van der Waals surface area contributed by atoms with Crippen LogP contribution in [0.3, 0.4) is 0 Å². The molecule has 0 aromatic carbocycles. The number of fused-ring (bicyclic) bond motifs is 1. The van der Waals surface area contributed by atoms with Crippen molar-refractivity contribution in [3.8, 4) is 0 Å². The highest BCUT2D eigenvalue weighted by Crippen LogP contribution is 2.37. The van der Waals surface area contributed by atoms with Gasteiger partial charge in [0.2, 0.25) is 0 Å². The van der Waals surface area contributed by atoms with Gasteiger partial charge in [0.25, 0.3) is 0 Å². The molecule has 0 amide bonds. The standard InChI is InChI=1S/C12H24N2.ClH/c1-9(2)5-6-14-7-10-3-4-12(13)11(10)8-14;/h9-12H,3-8,13H2,1-2H3;1H/t10-,11+,12?;/m0./s1. The molecule has 0 aromatic rings. The Bertz CT molecular complexity index is 196. The van der Waals surface area contributed by atoms with Crippen molar-refractivity contribution in [2.45, 2.75) is 39.2 Å². The lowest BCUT2D eigenvalue weighted by Gasteiger charge is -2.19. The lowest BCUT2D eigenvalue weighted by molar-refractivity contribution is 0.286. The van der Waals surface area contributed by atoms with Crippen molar-refractivity contribution in [2.75, 3.05) is 19.6 Å². The largest absolute Gasteiger partial charge is 0.327 e. The molecule has 1 saturated heterocycles. The topological polar surface area (TPSA) is 29.3 Å². The zero-order valence-corrected chi connectivity index (χ0v) is 10.8. The molecule has 2 rings (SSSR count). The number of nitrogens with two attached hydrogens (primary N) is 1. The molecule has 90 valence electrons. The van der Waals surface area contributed by atoms with E-state index < -0.39 is 0 Å². The summed E-state index contributed by atoms with van der Waals surface area (Å²) < 4.78 is 0. The van der Waals surface area contributed by atoms with Gasteiger partial charge < -0.3 is 10.6 Å². The van der Waals surface area contributed by atoms with Crippen molar-refractivity contribution >= 4 is 12.4 Å². The highest BCUT2D eigenvalue weighted by atomic mass is 35.5. The molecule has 1 aliphatic heterocycles. The van der Waals surface area contributed by atoms with Crippen molar-refractivity contribution in [3.05, 3.63) is 0 Å². The molecule has 1 saturated carbocycles. The van der Waals surface area contributed by atoms with Crippen molar-refractivity contribution < 1.29 is 0 Å². The van der Waals surface area contributed by atoms with Crippen molar-refractivity contribution in [1.82, 2.24) is 4.90 Å². The first kappa shape index (κ1) is 13.3. The second-order valence-corrected chi connectivity index (χ2v) is 5.61. The summed E-state index contributed by atoms with van der Waals surface area (Å²) in [7, 11) is 0.